The highest BCUT2D eigenvalue weighted by molar-refractivity contribution is 7.66. The standard InChI is InChI=1S/C20H28N3O17P3/c1-11(2)17(12-6-4-5-7-13(12)23(27)28)37-15-9-22(19(26)21-18(15)25)20(3)8-14(24)16(38-20)10-36-42(32,33)40-43(34,35)39-41(29,30)31/h4-7,9,11,14,16-17,24H,8,10H2,1-3H3,(H,32,33)(H,34,35)(H,21,25,26)(H2,29,30,31)/t14-,16+,17-,20+/m0/s1. The van der Waals surface area contributed by atoms with Crippen molar-refractivity contribution in [2.45, 2.75) is 51.2 Å². The zero-order valence-corrected chi connectivity index (χ0v) is 25.2. The van der Waals surface area contributed by atoms with Crippen LogP contribution in [0.1, 0.15) is 38.9 Å². The average molecular weight is 675 g/mol. The Morgan fingerprint density at radius 2 is 1.77 bits per heavy atom. The fourth-order valence-corrected chi connectivity index (χ4v) is 7.25. The summed E-state index contributed by atoms with van der Waals surface area (Å²) < 4.78 is 58.4. The molecule has 3 rings (SSSR count). The molecule has 1 saturated heterocycles. The molecule has 20 nitrogen and oxygen atoms in total. The number of nitro groups is 1. The maximum absolute atomic E-state index is 12.7. The number of hydrogen-bond donors (Lipinski definition) is 6. The molecule has 1 aromatic carbocycles. The number of aromatic amines is 1. The predicted octanol–water partition coefficient (Wildman–Crippen LogP) is 1.39. The number of hydrogen-bond acceptors (Lipinski definition) is 13. The van der Waals surface area contributed by atoms with Crippen molar-refractivity contribution in [3.05, 3.63) is 67.0 Å². The molecule has 0 bridgehead atoms. The third-order valence-corrected chi connectivity index (χ3v) is 9.76. The van der Waals surface area contributed by atoms with E-state index < -0.39 is 82.0 Å². The third-order valence-electron chi connectivity index (χ3n) is 5.96. The monoisotopic (exact) mass is 675 g/mol. The van der Waals surface area contributed by atoms with Gasteiger partial charge in [0, 0.05) is 12.5 Å². The molecule has 1 aliphatic heterocycles. The van der Waals surface area contributed by atoms with Gasteiger partial charge in [0.15, 0.2) is 0 Å². The second kappa shape index (κ2) is 12.8. The van der Waals surface area contributed by atoms with Gasteiger partial charge in [0.25, 0.3) is 11.2 Å². The Morgan fingerprint density at radius 3 is 2.35 bits per heavy atom. The van der Waals surface area contributed by atoms with E-state index in [1.807, 2.05) is 4.98 Å². The zero-order valence-electron chi connectivity index (χ0n) is 22.5. The van der Waals surface area contributed by atoms with Crippen LogP contribution in [0.25, 0.3) is 0 Å². The van der Waals surface area contributed by atoms with Crippen LogP contribution in [0.3, 0.4) is 0 Å². The first-order valence-electron chi connectivity index (χ1n) is 12.0. The summed E-state index contributed by atoms with van der Waals surface area (Å²) >= 11 is 0. The highest BCUT2D eigenvalue weighted by Gasteiger charge is 2.47. The number of nitrogens with zero attached hydrogens (tertiary/aromatic N) is 2. The molecule has 2 heterocycles. The first-order chi connectivity index (χ1) is 19.6. The predicted molar refractivity (Wildman–Crippen MR) is 142 cm³/mol. The number of para-hydroxylation sites is 1. The molecule has 6 N–H and O–H groups in total. The molecule has 6 atom stereocenters. The number of aromatic nitrogens is 2. The molecular weight excluding hydrogens is 647 g/mol. The van der Waals surface area contributed by atoms with Crippen molar-refractivity contribution in [1.29, 1.82) is 0 Å². The Balaban J connectivity index is 1.84. The van der Waals surface area contributed by atoms with Crippen molar-refractivity contribution in [3.8, 4) is 5.75 Å². The van der Waals surface area contributed by atoms with Gasteiger partial charge in [-0.2, -0.15) is 8.62 Å². The number of nitro benzene ring substituents is 1. The molecule has 0 amide bonds. The van der Waals surface area contributed by atoms with E-state index in [1.54, 1.807) is 19.9 Å². The number of rotatable bonds is 13. The van der Waals surface area contributed by atoms with E-state index in [0.29, 0.717) is 0 Å². The molecule has 1 aliphatic rings. The highest BCUT2D eigenvalue weighted by atomic mass is 31.3. The van der Waals surface area contributed by atoms with Crippen LogP contribution in [0.4, 0.5) is 5.69 Å². The summed E-state index contributed by atoms with van der Waals surface area (Å²) in [7, 11) is -16.9. The van der Waals surface area contributed by atoms with Crippen LogP contribution in [-0.4, -0.2) is 58.0 Å². The van der Waals surface area contributed by atoms with Gasteiger partial charge in [0.05, 0.1) is 29.4 Å². The van der Waals surface area contributed by atoms with E-state index in [9.17, 15) is 48.3 Å². The summed E-state index contributed by atoms with van der Waals surface area (Å²) in [5, 5.41) is 22.1. The molecule has 23 heteroatoms. The third kappa shape index (κ3) is 8.98. The summed E-state index contributed by atoms with van der Waals surface area (Å²) in [6, 6.07) is 5.71. The van der Waals surface area contributed by atoms with E-state index >= 15 is 0 Å². The maximum Gasteiger partial charge on any atom is 0.490 e. The topological polar surface area (TPSA) is 297 Å². The van der Waals surface area contributed by atoms with Gasteiger partial charge in [-0.05, 0) is 18.9 Å². The van der Waals surface area contributed by atoms with Crippen molar-refractivity contribution in [2.75, 3.05) is 6.61 Å². The Labute approximate surface area is 241 Å². The maximum atomic E-state index is 12.7. The summed E-state index contributed by atoms with van der Waals surface area (Å²) in [5.74, 6) is -0.840. The van der Waals surface area contributed by atoms with Gasteiger partial charge in [-0.25, -0.2) is 18.5 Å². The number of ether oxygens (including phenoxy) is 2. The van der Waals surface area contributed by atoms with Crippen LogP contribution in [0.2, 0.25) is 0 Å². The molecule has 1 aromatic heterocycles. The number of H-pyrrole nitrogens is 1. The molecule has 2 aromatic rings. The van der Waals surface area contributed by atoms with Crippen LogP contribution >= 0.6 is 23.5 Å². The Hall–Kier alpha value is -2.57. The Kier molecular flexibility index (Phi) is 10.4. The van der Waals surface area contributed by atoms with Gasteiger partial charge < -0.3 is 34.2 Å². The van der Waals surface area contributed by atoms with Crippen molar-refractivity contribution in [2.24, 2.45) is 5.92 Å². The Bertz CT molecular complexity index is 1620. The van der Waals surface area contributed by atoms with Gasteiger partial charge in [-0.3, -0.25) is 29.0 Å². The smallest absolute Gasteiger partial charge is 0.478 e. The number of aliphatic hydroxyl groups is 1. The van der Waals surface area contributed by atoms with Gasteiger partial charge in [0.2, 0.25) is 5.75 Å². The average Bonchev–Trinajstić information content (AvgIpc) is 3.13. The SMILES string of the molecule is CC(C)[C@H](Oc1cn([C@@]2(C)C[C@H](O)[C@@H](COP(=O)(O)OP(=O)(O)OP(=O)(O)O)O2)c(=O)[nH]c1=O)c1ccccc1[N+](=O)[O-]. The largest absolute Gasteiger partial charge is 0.490 e. The Morgan fingerprint density at radius 1 is 1.14 bits per heavy atom. The van der Waals surface area contributed by atoms with Crippen molar-refractivity contribution in [3.63, 3.8) is 0 Å². The van der Waals surface area contributed by atoms with E-state index in [2.05, 4.69) is 13.1 Å². The first-order valence-corrected chi connectivity index (χ1v) is 16.6. The van der Waals surface area contributed by atoms with Crippen molar-refractivity contribution in [1.82, 2.24) is 9.55 Å². The van der Waals surface area contributed by atoms with Crippen LogP contribution in [-0.2, 0) is 37.3 Å². The van der Waals surface area contributed by atoms with E-state index in [4.69, 9.17) is 19.3 Å². The van der Waals surface area contributed by atoms with E-state index in [0.717, 1.165) is 10.8 Å². The van der Waals surface area contributed by atoms with Gasteiger partial charge in [-0.1, -0.05) is 26.0 Å². The number of aliphatic hydroxyl groups excluding tert-OH is 1. The fourth-order valence-electron chi connectivity index (χ4n) is 4.22. The van der Waals surface area contributed by atoms with Crippen molar-refractivity contribution < 1.29 is 65.9 Å². The molecule has 2 unspecified atom stereocenters. The van der Waals surface area contributed by atoms with Crippen molar-refractivity contribution >= 4 is 29.2 Å². The number of phosphoric acid groups is 3. The minimum atomic E-state index is -5.79. The molecular formula is C20H28N3O17P3. The molecule has 240 valence electrons. The lowest BCUT2D eigenvalue weighted by atomic mass is 9.97. The van der Waals surface area contributed by atoms with Gasteiger partial charge in [-0.15, -0.1) is 0 Å². The van der Waals surface area contributed by atoms with Crippen LogP contribution < -0.4 is 16.0 Å². The fraction of sp³-hybridized carbons (Fsp3) is 0.500. The molecule has 0 radical (unpaired) electrons. The molecule has 1 fully saturated rings. The first kappa shape index (κ1) is 34.9. The lowest BCUT2D eigenvalue weighted by molar-refractivity contribution is -0.386. The lowest BCUT2D eigenvalue weighted by Gasteiger charge is -2.28. The zero-order chi connectivity index (χ0) is 32.5. The molecule has 0 aliphatic carbocycles. The molecule has 0 spiro atoms. The molecule has 43 heavy (non-hydrogen) atoms. The second-order valence-electron chi connectivity index (χ2n) is 9.71. The number of nitrogens with one attached hydrogen (secondary N) is 1. The summed E-state index contributed by atoms with van der Waals surface area (Å²) in [6.07, 6.45) is -3.43. The summed E-state index contributed by atoms with van der Waals surface area (Å²) in [6.45, 7) is 3.67. The lowest BCUT2D eigenvalue weighted by Crippen LogP contribution is -2.42. The van der Waals surface area contributed by atoms with Gasteiger partial charge in [0.1, 0.15) is 17.9 Å². The second-order valence-corrected chi connectivity index (χ2v) is 14.1. The van der Waals surface area contributed by atoms with E-state index in [1.165, 1.54) is 25.1 Å². The van der Waals surface area contributed by atoms with Gasteiger partial charge >= 0.3 is 29.2 Å². The normalized spacial score (nSPS) is 24.3. The quantitative estimate of drug-likeness (QED) is 0.0992. The summed E-state index contributed by atoms with van der Waals surface area (Å²) in [5.41, 5.74) is -3.86. The van der Waals surface area contributed by atoms with E-state index in [-0.39, 0.29) is 17.7 Å². The minimum absolute atomic E-state index is 0.157. The number of phosphoric ester groups is 1. The molecule has 0 saturated carbocycles. The minimum Gasteiger partial charge on any atom is -0.478 e. The van der Waals surface area contributed by atoms with Crippen LogP contribution in [0.5, 0.6) is 5.75 Å². The van der Waals surface area contributed by atoms with Crippen LogP contribution in [0, 0.1) is 16.0 Å². The summed E-state index contributed by atoms with van der Waals surface area (Å²) in [4.78, 5) is 74.5. The number of benzene rings is 1. The highest BCUT2D eigenvalue weighted by Crippen LogP contribution is 2.66. The van der Waals surface area contributed by atoms with Crippen LogP contribution in [0.15, 0.2) is 40.1 Å².